The number of carbonyl (C=O) groups is 1. The molecular formula is C11H15N5O2S. The molecule has 2 rings (SSSR count). The quantitative estimate of drug-likeness (QED) is 0.853. The van der Waals surface area contributed by atoms with Crippen LogP contribution in [0.15, 0.2) is 16.8 Å². The standard InChI is InChI=1S/C11H15N5O2S/c1-11(2,3)18-14-9(17)6-16-13-10(12-15-16)8-4-5-19-7-8/h4-5,7H,6H2,1-3H3,(H,14,17). The first-order chi connectivity index (χ1) is 8.94. The molecule has 2 heterocycles. The summed E-state index contributed by atoms with van der Waals surface area (Å²) in [6, 6.07) is 1.90. The van der Waals surface area contributed by atoms with Gasteiger partial charge >= 0.3 is 0 Å². The highest BCUT2D eigenvalue weighted by molar-refractivity contribution is 7.08. The Bertz CT molecular complexity index is 544. The fourth-order valence-corrected chi connectivity index (χ4v) is 1.82. The summed E-state index contributed by atoms with van der Waals surface area (Å²) in [7, 11) is 0. The molecule has 0 unspecified atom stereocenters. The summed E-state index contributed by atoms with van der Waals surface area (Å²) in [6.45, 7) is 5.49. The van der Waals surface area contributed by atoms with Crippen LogP contribution in [0.2, 0.25) is 0 Å². The molecule has 0 atom stereocenters. The number of aromatic nitrogens is 4. The number of hydrogen-bond donors (Lipinski definition) is 1. The predicted molar refractivity (Wildman–Crippen MR) is 70.1 cm³/mol. The van der Waals surface area contributed by atoms with Gasteiger partial charge in [0.2, 0.25) is 5.82 Å². The Balaban J connectivity index is 1.91. The highest BCUT2D eigenvalue weighted by atomic mass is 32.1. The monoisotopic (exact) mass is 281 g/mol. The minimum atomic E-state index is -0.437. The minimum absolute atomic E-state index is 0.0345. The van der Waals surface area contributed by atoms with E-state index in [9.17, 15) is 4.79 Å². The van der Waals surface area contributed by atoms with Crippen LogP contribution in [0, 0.1) is 0 Å². The van der Waals surface area contributed by atoms with E-state index in [1.165, 1.54) is 4.80 Å². The highest BCUT2D eigenvalue weighted by Crippen LogP contribution is 2.16. The average molecular weight is 281 g/mol. The van der Waals surface area contributed by atoms with Gasteiger partial charge in [-0.25, -0.2) is 5.48 Å². The van der Waals surface area contributed by atoms with Gasteiger partial charge in [0, 0.05) is 10.9 Å². The fourth-order valence-electron chi connectivity index (χ4n) is 1.19. The molecule has 0 aromatic carbocycles. The van der Waals surface area contributed by atoms with Crippen molar-refractivity contribution >= 4 is 17.2 Å². The first-order valence-corrected chi connectivity index (χ1v) is 6.65. The van der Waals surface area contributed by atoms with Crippen molar-refractivity contribution in [2.45, 2.75) is 32.9 Å². The minimum Gasteiger partial charge on any atom is -0.271 e. The van der Waals surface area contributed by atoms with Gasteiger partial charge in [-0.15, -0.1) is 10.2 Å². The molecule has 0 aliphatic heterocycles. The molecule has 8 heteroatoms. The molecule has 2 aromatic heterocycles. The Kier molecular flexibility index (Phi) is 3.91. The molecule has 0 spiro atoms. The zero-order valence-corrected chi connectivity index (χ0v) is 11.8. The Labute approximate surface area is 114 Å². The number of tetrazole rings is 1. The van der Waals surface area contributed by atoms with Crippen molar-refractivity contribution in [3.63, 3.8) is 0 Å². The second kappa shape index (κ2) is 5.45. The van der Waals surface area contributed by atoms with Gasteiger partial charge in [-0.05, 0) is 37.4 Å². The first kappa shape index (κ1) is 13.6. The number of nitrogens with zero attached hydrogens (tertiary/aromatic N) is 4. The van der Waals surface area contributed by atoms with Crippen LogP contribution in [0.1, 0.15) is 20.8 Å². The molecule has 1 amide bonds. The molecule has 0 bridgehead atoms. The fraction of sp³-hybridized carbons (Fsp3) is 0.455. The van der Waals surface area contributed by atoms with Gasteiger partial charge in [-0.3, -0.25) is 9.63 Å². The van der Waals surface area contributed by atoms with Crippen LogP contribution in [0.4, 0.5) is 0 Å². The molecule has 0 aliphatic rings. The van der Waals surface area contributed by atoms with E-state index in [-0.39, 0.29) is 12.5 Å². The van der Waals surface area contributed by atoms with Crippen molar-refractivity contribution in [1.82, 2.24) is 25.7 Å². The first-order valence-electron chi connectivity index (χ1n) is 5.71. The number of hydroxylamine groups is 1. The Morgan fingerprint density at radius 3 is 2.95 bits per heavy atom. The van der Waals surface area contributed by atoms with Crippen molar-refractivity contribution in [2.75, 3.05) is 0 Å². The summed E-state index contributed by atoms with van der Waals surface area (Å²) in [4.78, 5) is 18.0. The summed E-state index contributed by atoms with van der Waals surface area (Å²) in [6.07, 6.45) is 0. The van der Waals surface area contributed by atoms with Gasteiger partial charge in [0.25, 0.3) is 5.91 Å². The molecule has 102 valence electrons. The lowest BCUT2D eigenvalue weighted by Crippen LogP contribution is -2.35. The van der Waals surface area contributed by atoms with Crippen LogP contribution in [-0.4, -0.2) is 31.7 Å². The average Bonchev–Trinajstić information content (AvgIpc) is 2.94. The second-order valence-corrected chi connectivity index (χ2v) is 5.68. The van der Waals surface area contributed by atoms with Gasteiger partial charge in [0.1, 0.15) is 6.54 Å². The molecule has 0 radical (unpaired) electrons. The number of carbonyl (C=O) groups excluding carboxylic acids is 1. The maximum Gasteiger partial charge on any atom is 0.267 e. The maximum absolute atomic E-state index is 11.6. The van der Waals surface area contributed by atoms with Crippen LogP contribution in [0.3, 0.4) is 0 Å². The van der Waals surface area contributed by atoms with E-state index >= 15 is 0 Å². The third-order valence-electron chi connectivity index (χ3n) is 1.99. The lowest BCUT2D eigenvalue weighted by molar-refractivity contribution is -0.146. The molecule has 0 aliphatic carbocycles. The van der Waals surface area contributed by atoms with Crippen molar-refractivity contribution in [3.05, 3.63) is 16.8 Å². The van der Waals surface area contributed by atoms with Crippen LogP contribution in [0.25, 0.3) is 11.4 Å². The normalized spacial score (nSPS) is 11.5. The van der Waals surface area contributed by atoms with Gasteiger partial charge in [-0.2, -0.15) is 16.1 Å². The van der Waals surface area contributed by atoms with E-state index in [1.54, 1.807) is 11.3 Å². The number of rotatable bonds is 4. The van der Waals surface area contributed by atoms with E-state index in [2.05, 4.69) is 20.9 Å². The van der Waals surface area contributed by atoms with Crippen LogP contribution in [-0.2, 0) is 16.2 Å². The number of hydrogen-bond acceptors (Lipinski definition) is 6. The Hall–Kier alpha value is -1.80. The summed E-state index contributed by atoms with van der Waals surface area (Å²) in [5.41, 5.74) is 2.80. The molecule has 0 saturated carbocycles. The molecule has 1 N–H and O–H groups in total. The number of amides is 1. The van der Waals surface area contributed by atoms with E-state index in [1.807, 2.05) is 37.6 Å². The lowest BCUT2D eigenvalue weighted by Gasteiger charge is -2.18. The lowest BCUT2D eigenvalue weighted by atomic mass is 10.2. The van der Waals surface area contributed by atoms with Crippen LogP contribution in [0.5, 0.6) is 0 Å². The Morgan fingerprint density at radius 1 is 1.53 bits per heavy atom. The van der Waals surface area contributed by atoms with Crippen LogP contribution >= 0.6 is 11.3 Å². The van der Waals surface area contributed by atoms with E-state index in [4.69, 9.17) is 4.84 Å². The molecular weight excluding hydrogens is 266 g/mol. The predicted octanol–water partition coefficient (Wildman–Crippen LogP) is 1.25. The molecule has 0 saturated heterocycles. The third kappa shape index (κ3) is 4.11. The molecule has 0 fully saturated rings. The van der Waals surface area contributed by atoms with E-state index < -0.39 is 5.60 Å². The van der Waals surface area contributed by atoms with Crippen molar-refractivity contribution in [3.8, 4) is 11.4 Å². The summed E-state index contributed by atoms with van der Waals surface area (Å²) in [5, 5.41) is 15.7. The number of thiophene rings is 1. The van der Waals surface area contributed by atoms with E-state index in [0.29, 0.717) is 5.82 Å². The zero-order chi connectivity index (χ0) is 13.9. The topological polar surface area (TPSA) is 81.9 Å². The molecule has 7 nitrogen and oxygen atoms in total. The smallest absolute Gasteiger partial charge is 0.267 e. The van der Waals surface area contributed by atoms with Gasteiger partial charge in [0.05, 0.1) is 5.60 Å². The Morgan fingerprint density at radius 2 is 2.32 bits per heavy atom. The van der Waals surface area contributed by atoms with Crippen molar-refractivity contribution in [2.24, 2.45) is 0 Å². The molecule has 2 aromatic rings. The summed E-state index contributed by atoms with van der Waals surface area (Å²) in [5.74, 6) is 0.176. The second-order valence-electron chi connectivity index (χ2n) is 4.90. The summed E-state index contributed by atoms with van der Waals surface area (Å²) < 4.78 is 0. The van der Waals surface area contributed by atoms with E-state index in [0.717, 1.165) is 5.56 Å². The summed E-state index contributed by atoms with van der Waals surface area (Å²) >= 11 is 1.55. The van der Waals surface area contributed by atoms with Crippen molar-refractivity contribution < 1.29 is 9.63 Å². The van der Waals surface area contributed by atoms with Crippen LogP contribution < -0.4 is 5.48 Å². The highest BCUT2D eigenvalue weighted by Gasteiger charge is 2.14. The SMILES string of the molecule is CC(C)(C)ONC(=O)Cn1nnc(-c2ccsc2)n1. The van der Waals surface area contributed by atoms with Crippen molar-refractivity contribution in [1.29, 1.82) is 0 Å². The maximum atomic E-state index is 11.6. The third-order valence-corrected chi connectivity index (χ3v) is 2.67. The molecule has 19 heavy (non-hydrogen) atoms. The van der Waals surface area contributed by atoms with Gasteiger partial charge in [0.15, 0.2) is 0 Å². The van der Waals surface area contributed by atoms with Gasteiger partial charge in [-0.1, -0.05) is 0 Å². The number of nitrogens with one attached hydrogen (secondary N) is 1. The van der Waals surface area contributed by atoms with Gasteiger partial charge < -0.3 is 0 Å². The largest absolute Gasteiger partial charge is 0.271 e. The zero-order valence-electron chi connectivity index (χ0n) is 11.0.